The van der Waals surface area contributed by atoms with Crippen molar-refractivity contribution in [3.8, 4) is 0 Å². The second-order valence-electron chi connectivity index (χ2n) is 7.73. The molecule has 2 aliphatic rings. The minimum atomic E-state index is -1.53. The number of hydrogen-bond donors (Lipinski definition) is 0. The molecule has 0 bridgehead atoms. The van der Waals surface area contributed by atoms with Gasteiger partial charge in [-0.1, -0.05) is 30.3 Å². The minimum Gasteiger partial charge on any atom is -0.450 e. The largest absolute Gasteiger partial charge is 0.450 e. The zero-order valence-corrected chi connectivity index (χ0v) is 17.4. The van der Waals surface area contributed by atoms with Crippen molar-refractivity contribution in [1.29, 1.82) is 0 Å². The summed E-state index contributed by atoms with van der Waals surface area (Å²) in [5, 5.41) is 0.351. The monoisotopic (exact) mass is 418 g/mol. The van der Waals surface area contributed by atoms with Crippen LogP contribution in [0.15, 0.2) is 57.7 Å². The Kier molecular flexibility index (Phi) is 4.44. The Hall–Kier alpha value is -3.45. The zero-order chi connectivity index (χ0) is 21.8. The van der Waals surface area contributed by atoms with Crippen LogP contribution in [-0.2, 0) is 15.1 Å². The second-order valence-corrected chi connectivity index (χ2v) is 7.73. The fourth-order valence-corrected chi connectivity index (χ4v) is 4.81. The maximum absolute atomic E-state index is 13.8. The van der Waals surface area contributed by atoms with Crippen LogP contribution in [0.4, 0.5) is 5.69 Å². The van der Waals surface area contributed by atoms with E-state index in [-0.39, 0.29) is 29.2 Å². The summed E-state index contributed by atoms with van der Waals surface area (Å²) in [6.07, 6.45) is 0.530. The molecule has 1 atom stereocenters. The van der Waals surface area contributed by atoms with Gasteiger partial charge in [0.15, 0.2) is 11.0 Å². The Morgan fingerprint density at radius 3 is 2.58 bits per heavy atom. The number of fused-ring (bicyclic) bond motifs is 5. The molecule has 2 amide bonds. The molecule has 1 spiro atoms. The molecule has 5 rings (SSSR count). The number of amides is 2. The maximum atomic E-state index is 13.8. The first-order chi connectivity index (χ1) is 15.0. The van der Waals surface area contributed by atoms with Gasteiger partial charge in [0.05, 0.1) is 10.9 Å². The van der Waals surface area contributed by atoms with Gasteiger partial charge in [-0.3, -0.25) is 14.4 Å². The molecule has 0 fully saturated rings. The molecule has 0 aliphatic carbocycles. The highest BCUT2D eigenvalue weighted by atomic mass is 16.5. The van der Waals surface area contributed by atoms with Crippen LogP contribution in [-0.4, -0.2) is 43.5 Å². The van der Waals surface area contributed by atoms with Crippen LogP contribution in [0.2, 0.25) is 0 Å². The Morgan fingerprint density at radius 2 is 1.77 bits per heavy atom. The molecule has 0 radical (unpaired) electrons. The molecular formula is C24H22N2O5. The fraction of sp³-hybridized carbons (Fsp3) is 0.292. The highest BCUT2D eigenvalue weighted by molar-refractivity contribution is 6.16. The summed E-state index contributed by atoms with van der Waals surface area (Å²) < 4.78 is 11.4. The van der Waals surface area contributed by atoms with E-state index >= 15 is 0 Å². The van der Waals surface area contributed by atoms with Gasteiger partial charge in [-0.15, -0.1) is 0 Å². The Bertz CT molecular complexity index is 1280. The second kappa shape index (κ2) is 7.06. The van der Waals surface area contributed by atoms with Crippen molar-refractivity contribution in [2.45, 2.75) is 18.9 Å². The van der Waals surface area contributed by atoms with Gasteiger partial charge in [-0.25, -0.2) is 0 Å². The molecule has 3 aromatic rings. The molecule has 0 unspecified atom stereocenters. The molecule has 0 saturated heterocycles. The normalized spacial score (nSPS) is 19.5. The van der Waals surface area contributed by atoms with Crippen LogP contribution in [0.5, 0.6) is 0 Å². The van der Waals surface area contributed by atoms with E-state index in [9.17, 15) is 14.4 Å². The molecule has 0 N–H and O–H groups in total. The molecule has 3 heterocycles. The molecule has 1 aromatic heterocycles. The summed E-state index contributed by atoms with van der Waals surface area (Å²) in [7, 11) is 1.67. The van der Waals surface area contributed by atoms with Crippen molar-refractivity contribution >= 4 is 28.5 Å². The van der Waals surface area contributed by atoms with Crippen molar-refractivity contribution < 1.29 is 18.7 Å². The number of benzene rings is 2. The van der Waals surface area contributed by atoms with Crippen LogP contribution in [0.3, 0.4) is 0 Å². The number of carbonyl (C=O) groups is 2. The van der Waals surface area contributed by atoms with E-state index in [2.05, 4.69) is 0 Å². The standard InChI is InChI=1S/C24H22N2O5/c1-3-30-14-8-13-26-22(28)21-19(20(27)15-9-4-7-12-18(15)31-21)24(26)16-10-5-6-11-17(16)25(2)23(24)29/h4-7,9-12H,3,8,13-14H2,1-2H3/t24-/m0/s1. The lowest BCUT2D eigenvalue weighted by atomic mass is 9.84. The van der Waals surface area contributed by atoms with E-state index in [4.69, 9.17) is 9.15 Å². The summed E-state index contributed by atoms with van der Waals surface area (Å²) in [6.45, 7) is 3.17. The molecule has 7 heteroatoms. The predicted octanol–water partition coefficient (Wildman–Crippen LogP) is 2.90. The lowest BCUT2D eigenvalue weighted by molar-refractivity contribution is -0.125. The van der Waals surface area contributed by atoms with Crippen molar-refractivity contribution in [3.05, 3.63) is 75.6 Å². The molecule has 31 heavy (non-hydrogen) atoms. The number of hydrogen-bond acceptors (Lipinski definition) is 5. The van der Waals surface area contributed by atoms with Crippen LogP contribution in [0.1, 0.15) is 35.0 Å². The average molecular weight is 418 g/mol. The van der Waals surface area contributed by atoms with Crippen LogP contribution >= 0.6 is 0 Å². The number of carbonyl (C=O) groups excluding carboxylic acids is 2. The topological polar surface area (TPSA) is 80.1 Å². The van der Waals surface area contributed by atoms with Gasteiger partial charge < -0.3 is 19.0 Å². The third-order valence-corrected chi connectivity index (χ3v) is 6.15. The van der Waals surface area contributed by atoms with Crippen LogP contribution in [0.25, 0.3) is 11.0 Å². The van der Waals surface area contributed by atoms with E-state index in [0.717, 1.165) is 0 Å². The highest BCUT2D eigenvalue weighted by Crippen LogP contribution is 2.52. The molecule has 2 aromatic carbocycles. The summed E-state index contributed by atoms with van der Waals surface area (Å²) in [5.74, 6) is -0.842. The van der Waals surface area contributed by atoms with Crippen LogP contribution in [0, 0.1) is 0 Å². The van der Waals surface area contributed by atoms with E-state index in [1.54, 1.807) is 31.3 Å². The van der Waals surface area contributed by atoms with E-state index in [1.807, 2.05) is 31.2 Å². The van der Waals surface area contributed by atoms with E-state index < -0.39 is 11.4 Å². The molecule has 158 valence electrons. The summed E-state index contributed by atoms with van der Waals surface area (Å²) in [5.41, 5.74) is -0.151. The quantitative estimate of drug-likeness (QED) is 0.596. The molecule has 0 saturated carbocycles. The van der Waals surface area contributed by atoms with Gasteiger partial charge in [0, 0.05) is 38.1 Å². The van der Waals surface area contributed by atoms with E-state index in [1.165, 1.54) is 9.80 Å². The lowest BCUT2D eigenvalue weighted by Crippen LogP contribution is -2.53. The lowest BCUT2D eigenvalue weighted by Gasteiger charge is -2.34. The molecular weight excluding hydrogens is 396 g/mol. The number of ether oxygens (including phenoxy) is 1. The van der Waals surface area contributed by atoms with Gasteiger partial charge >= 0.3 is 0 Å². The van der Waals surface area contributed by atoms with Gasteiger partial charge in [0.2, 0.25) is 5.76 Å². The third-order valence-electron chi connectivity index (χ3n) is 6.15. The number of rotatable bonds is 5. The molecule has 7 nitrogen and oxygen atoms in total. The summed E-state index contributed by atoms with van der Waals surface area (Å²) in [6, 6.07) is 14.1. The minimum absolute atomic E-state index is 0.0569. The van der Waals surface area contributed by atoms with Crippen molar-refractivity contribution in [3.63, 3.8) is 0 Å². The number of likely N-dealkylation sites (N-methyl/N-ethyl adjacent to an activating group) is 1. The number of anilines is 1. The van der Waals surface area contributed by atoms with E-state index in [0.29, 0.717) is 41.9 Å². The van der Waals surface area contributed by atoms with Crippen LogP contribution < -0.4 is 10.3 Å². The summed E-state index contributed by atoms with van der Waals surface area (Å²) in [4.78, 5) is 44.0. The maximum Gasteiger partial charge on any atom is 0.291 e. The van der Waals surface area contributed by atoms with Gasteiger partial charge in [0.1, 0.15) is 5.58 Å². The van der Waals surface area contributed by atoms with Gasteiger partial charge in [-0.2, -0.15) is 0 Å². The van der Waals surface area contributed by atoms with Crippen molar-refractivity contribution in [1.82, 2.24) is 4.90 Å². The fourth-order valence-electron chi connectivity index (χ4n) is 4.81. The first-order valence-corrected chi connectivity index (χ1v) is 10.4. The Balaban J connectivity index is 1.81. The van der Waals surface area contributed by atoms with Gasteiger partial charge in [-0.05, 0) is 31.5 Å². The first-order valence-electron chi connectivity index (χ1n) is 10.4. The SMILES string of the molecule is CCOCCCN1C(=O)c2oc3ccccc3c(=O)c2[C@@]12C(=O)N(C)c1ccccc12. The first kappa shape index (κ1) is 19.5. The van der Waals surface area contributed by atoms with Crippen molar-refractivity contribution in [2.75, 3.05) is 31.7 Å². The van der Waals surface area contributed by atoms with Crippen molar-refractivity contribution in [2.24, 2.45) is 0 Å². The average Bonchev–Trinajstić information content (AvgIpc) is 3.17. The Labute approximate surface area is 178 Å². The third kappa shape index (κ3) is 2.47. The number of para-hydroxylation sites is 2. The Morgan fingerprint density at radius 1 is 1.03 bits per heavy atom. The zero-order valence-electron chi connectivity index (χ0n) is 17.4. The predicted molar refractivity (Wildman–Crippen MR) is 115 cm³/mol. The summed E-state index contributed by atoms with van der Waals surface area (Å²) >= 11 is 0. The molecule has 2 aliphatic heterocycles. The number of nitrogens with zero attached hydrogens (tertiary/aromatic N) is 2. The van der Waals surface area contributed by atoms with Gasteiger partial charge in [0.25, 0.3) is 11.8 Å². The highest BCUT2D eigenvalue weighted by Gasteiger charge is 2.64. The smallest absolute Gasteiger partial charge is 0.291 e.